The smallest absolute Gasteiger partial charge is 0.128 e. The van der Waals surface area contributed by atoms with Gasteiger partial charge in [0.15, 0.2) is 0 Å². The molecule has 0 atom stereocenters. The van der Waals surface area contributed by atoms with Crippen LogP contribution in [0.3, 0.4) is 0 Å². The SMILES string of the molecule is Cc1ccc(N2CCc3c(N)cccc3C2)nc1. The number of anilines is 2. The molecule has 0 fully saturated rings. The summed E-state index contributed by atoms with van der Waals surface area (Å²) in [5.74, 6) is 1.05. The van der Waals surface area contributed by atoms with Gasteiger partial charge in [-0.3, -0.25) is 0 Å². The summed E-state index contributed by atoms with van der Waals surface area (Å²) in [4.78, 5) is 6.80. The van der Waals surface area contributed by atoms with Crippen molar-refractivity contribution in [2.45, 2.75) is 19.9 Å². The number of benzene rings is 1. The number of hydrogen-bond donors (Lipinski definition) is 1. The van der Waals surface area contributed by atoms with Crippen LogP contribution in [0, 0.1) is 6.92 Å². The lowest BCUT2D eigenvalue weighted by molar-refractivity contribution is 0.722. The van der Waals surface area contributed by atoms with Crippen molar-refractivity contribution in [2.75, 3.05) is 17.2 Å². The van der Waals surface area contributed by atoms with Crippen molar-refractivity contribution >= 4 is 11.5 Å². The normalized spacial score (nSPS) is 14.4. The van der Waals surface area contributed by atoms with Crippen molar-refractivity contribution in [2.24, 2.45) is 0 Å². The molecule has 0 spiro atoms. The van der Waals surface area contributed by atoms with E-state index in [1.54, 1.807) is 0 Å². The molecule has 0 saturated heterocycles. The largest absolute Gasteiger partial charge is 0.398 e. The van der Waals surface area contributed by atoms with Crippen LogP contribution in [0.2, 0.25) is 0 Å². The summed E-state index contributed by atoms with van der Waals surface area (Å²) in [5.41, 5.74) is 10.8. The quantitative estimate of drug-likeness (QED) is 0.778. The van der Waals surface area contributed by atoms with Crippen molar-refractivity contribution in [3.05, 3.63) is 53.2 Å². The molecule has 3 nitrogen and oxygen atoms in total. The minimum Gasteiger partial charge on any atom is -0.398 e. The Morgan fingerprint density at radius 2 is 2.11 bits per heavy atom. The molecule has 0 bridgehead atoms. The molecule has 0 saturated carbocycles. The first-order valence-corrected chi connectivity index (χ1v) is 6.28. The van der Waals surface area contributed by atoms with E-state index in [-0.39, 0.29) is 0 Å². The molecule has 1 aromatic heterocycles. The summed E-state index contributed by atoms with van der Waals surface area (Å²) < 4.78 is 0. The van der Waals surface area contributed by atoms with Crippen LogP contribution in [-0.2, 0) is 13.0 Å². The van der Waals surface area contributed by atoms with Gasteiger partial charge in [0.05, 0.1) is 0 Å². The molecular formula is C15H17N3. The molecule has 0 amide bonds. The van der Waals surface area contributed by atoms with E-state index >= 15 is 0 Å². The van der Waals surface area contributed by atoms with Crippen molar-refractivity contribution < 1.29 is 0 Å². The van der Waals surface area contributed by atoms with Crippen LogP contribution in [0.25, 0.3) is 0 Å². The number of fused-ring (bicyclic) bond motifs is 1. The number of aromatic nitrogens is 1. The Kier molecular flexibility index (Phi) is 2.67. The fourth-order valence-corrected chi connectivity index (χ4v) is 2.48. The molecule has 0 unspecified atom stereocenters. The van der Waals surface area contributed by atoms with Crippen molar-refractivity contribution in [3.63, 3.8) is 0 Å². The Hall–Kier alpha value is -2.03. The lowest BCUT2D eigenvalue weighted by atomic mass is 9.98. The van der Waals surface area contributed by atoms with Gasteiger partial charge >= 0.3 is 0 Å². The van der Waals surface area contributed by atoms with Gasteiger partial charge in [0.1, 0.15) is 5.82 Å². The highest BCUT2D eigenvalue weighted by atomic mass is 15.2. The molecule has 92 valence electrons. The van der Waals surface area contributed by atoms with Gasteiger partial charge in [-0.1, -0.05) is 18.2 Å². The minimum atomic E-state index is 0.899. The molecule has 1 aromatic carbocycles. The second-order valence-corrected chi connectivity index (χ2v) is 4.85. The summed E-state index contributed by atoms with van der Waals surface area (Å²) >= 11 is 0. The van der Waals surface area contributed by atoms with E-state index in [0.29, 0.717) is 0 Å². The van der Waals surface area contributed by atoms with E-state index in [2.05, 4.69) is 35.0 Å². The average molecular weight is 239 g/mol. The Labute approximate surface area is 107 Å². The number of nitrogens with two attached hydrogens (primary N) is 1. The summed E-state index contributed by atoms with van der Waals surface area (Å²) in [7, 11) is 0. The third-order valence-corrected chi connectivity index (χ3v) is 3.52. The lowest BCUT2D eigenvalue weighted by Gasteiger charge is -2.30. The van der Waals surface area contributed by atoms with Crippen molar-refractivity contribution in [1.29, 1.82) is 0 Å². The van der Waals surface area contributed by atoms with E-state index < -0.39 is 0 Å². The standard InChI is InChI=1S/C15H17N3/c1-11-5-6-15(17-9-11)18-8-7-13-12(10-18)3-2-4-14(13)16/h2-6,9H,7-8,10,16H2,1H3. The van der Waals surface area contributed by atoms with E-state index in [0.717, 1.165) is 31.0 Å². The van der Waals surface area contributed by atoms with Gasteiger partial charge in [-0.05, 0) is 42.2 Å². The zero-order valence-electron chi connectivity index (χ0n) is 10.6. The molecule has 2 heterocycles. The van der Waals surface area contributed by atoms with Crippen LogP contribution < -0.4 is 10.6 Å². The molecule has 3 rings (SSSR count). The molecule has 2 N–H and O–H groups in total. The zero-order valence-corrected chi connectivity index (χ0v) is 10.6. The maximum atomic E-state index is 6.01. The van der Waals surface area contributed by atoms with E-state index in [1.807, 2.05) is 18.3 Å². The van der Waals surface area contributed by atoms with Gasteiger partial charge in [-0.25, -0.2) is 4.98 Å². The monoisotopic (exact) mass is 239 g/mol. The van der Waals surface area contributed by atoms with Gasteiger partial charge in [-0.15, -0.1) is 0 Å². The van der Waals surface area contributed by atoms with Crippen LogP contribution in [0.1, 0.15) is 16.7 Å². The summed E-state index contributed by atoms with van der Waals surface area (Å²) in [6.45, 7) is 3.94. The number of rotatable bonds is 1. The summed E-state index contributed by atoms with van der Waals surface area (Å²) in [5, 5.41) is 0. The third kappa shape index (κ3) is 1.92. The summed E-state index contributed by atoms with van der Waals surface area (Å²) in [6, 6.07) is 10.4. The second kappa shape index (κ2) is 4.33. The molecule has 18 heavy (non-hydrogen) atoms. The highest BCUT2D eigenvalue weighted by Crippen LogP contribution is 2.26. The summed E-state index contributed by atoms with van der Waals surface area (Å²) in [6.07, 6.45) is 2.92. The van der Waals surface area contributed by atoms with Gasteiger partial charge in [-0.2, -0.15) is 0 Å². The van der Waals surface area contributed by atoms with Gasteiger partial charge < -0.3 is 10.6 Å². The Morgan fingerprint density at radius 1 is 1.22 bits per heavy atom. The number of hydrogen-bond acceptors (Lipinski definition) is 3. The van der Waals surface area contributed by atoms with Crippen LogP contribution >= 0.6 is 0 Å². The molecule has 2 aromatic rings. The average Bonchev–Trinajstić information content (AvgIpc) is 2.39. The first-order valence-electron chi connectivity index (χ1n) is 6.28. The van der Waals surface area contributed by atoms with Crippen LogP contribution in [0.5, 0.6) is 0 Å². The maximum absolute atomic E-state index is 6.01. The highest BCUT2D eigenvalue weighted by molar-refractivity contribution is 5.55. The van der Waals surface area contributed by atoms with Crippen LogP contribution in [-0.4, -0.2) is 11.5 Å². The van der Waals surface area contributed by atoms with Gasteiger partial charge in [0, 0.05) is 25.0 Å². The highest BCUT2D eigenvalue weighted by Gasteiger charge is 2.18. The fraction of sp³-hybridized carbons (Fsp3) is 0.267. The molecule has 0 radical (unpaired) electrons. The van der Waals surface area contributed by atoms with E-state index in [1.165, 1.54) is 16.7 Å². The predicted molar refractivity (Wildman–Crippen MR) is 74.6 cm³/mol. The van der Waals surface area contributed by atoms with E-state index in [4.69, 9.17) is 5.73 Å². The second-order valence-electron chi connectivity index (χ2n) is 4.85. The Morgan fingerprint density at radius 3 is 2.89 bits per heavy atom. The Balaban J connectivity index is 1.89. The fourth-order valence-electron chi connectivity index (χ4n) is 2.48. The molecule has 3 heteroatoms. The minimum absolute atomic E-state index is 0.899. The molecular weight excluding hydrogens is 222 g/mol. The zero-order chi connectivity index (χ0) is 12.5. The van der Waals surface area contributed by atoms with Crippen molar-refractivity contribution in [3.8, 4) is 0 Å². The molecule has 1 aliphatic heterocycles. The first-order chi connectivity index (χ1) is 8.74. The van der Waals surface area contributed by atoms with Crippen LogP contribution in [0.4, 0.5) is 11.5 Å². The third-order valence-electron chi connectivity index (χ3n) is 3.52. The number of nitrogens with zero attached hydrogens (tertiary/aromatic N) is 2. The first kappa shape index (κ1) is 11.1. The predicted octanol–water partition coefficient (Wildman–Crippen LogP) is 2.53. The van der Waals surface area contributed by atoms with E-state index in [9.17, 15) is 0 Å². The maximum Gasteiger partial charge on any atom is 0.128 e. The number of pyridine rings is 1. The van der Waals surface area contributed by atoms with Gasteiger partial charge in [0.2, 0.25) is 0 Å². The van der Waals surface area contributed by atoms with Crippen molar-refractivity contribution in [1.82, 2.24) is 4.98 Å². The number of nitrogen functional groups attached to an aromatic ring is 1. The lowest BCUT2D eigenvalue weighted by Crippen LogP contribution is -2.31. The Bertz CT molecular complexity index is 560. The number of aryl methyl sites for hydroxylation is 1. The van der Waals surface area contributed by atoms with Gasteiger partial charge in [0.25, 0.3) is 0 Å². The van der Waals surface area contributed by atoms with Crippen LogP contribution in [0.15, 0.2) is 36.5 Å². The molecule has 1 aliphatic rings. The molecule has 0 aliphatic carbocycles. The topological polar surface area (TPSA) is 42.1 Å².